The lowest BCUT2D eigenvalue weighted by molar-refractivity contribution is -0.113. The Kier molecular flexibility index (Phi) is 7.28. The fraction of sp³-hybridized carbons (Fsp3) is 0.276. The summed E-state index contributed by atoms with van der Waals surface area (Å²) in [6, 6.07) is 27.1. The van der Waals surface area contributed by atoms with Gasteiger partial charge in [0.2, 0.25) is 5.91 Å². The van der Waals surface area contributed by atoms with E-state index < -0.39 is 0 Å². The third kappa shape index (κ3) is 5.49. The largest absolute Gasteiger partial charge is 0.325 e. The molecule has 178 valence electrons. The number of thioether (sulfide) groups is 1. The van der Waals surface area contributed by atoms with Crippen molar-refractivity contribution < 1.29 is 4.79 Å². The molecule has 3 aromatic carbocycles. The van der Waals surface area contributed by atoms with Crippen molar-refractivity contribution in [2.75, 3.05) is 11.1 Å². The number of carbonyl (C=O) groups is 1. The van der Waals surface area contributed by atoms with Gasteiger partial charge in [-0.05, 0) is 42.5 Å². The molecule has 0 aliphatic heterocycles. The maximum absolute atomic E-state index is 12.7. The molecule has 0 bridgehead atoms. The van der Waals surface area contributed by atoms with Crippen LogP contribution in [-0.4, -0.2) is 26.4 Å². The number of hydrogen-bond donors (Lipinski definition) is 1. The fourth-order valence-corrected chi connectivity index (χ4v) is 5.52. The molecule has 0 saturated heterocycles. The molecule has 5 nitrogen and oxygen atoms in total. The number of rotatable bonds is 7. The second kappa shape index (κ2) is 10.9. The lowest BCUT2D eigenvalue weighted by atomic mass is 9.95. The van der Waals surface area contributed by atoms with Gasteiger partial charge in [0, 0.05) is 17.3 Å². The number of hydrogen-bond acceptors (Lipinski definition) is 4. The zero-order valence-electron chi connectivity index (χ0n) is 20.0. The van der Waals surface area contributed by atoms with Gasteiger partial charge in [-0.3, -0.25) is 9.36 Å². The number of benzene rings is 3. The number of nitrogens with zero attached hydrogens (tertiary/aromatic N) is 3. The van der Waals surface area contributed by atoms with E-state index in [1.165, 1.54) is 42.2 Å². The van der Waals surface area contributed by atoms with Crippen molar-refractivity contribution in [3.8, 4) is 22.5 Å². The van der Waals surface area contributed by atoms with E-state index in [9.17, 15) is 4.79 Å². The standard InChI is InChI=1S/C29H30N4OS/c1-21-10-8-9-15-26(21)30-27(34)20-35-29-32-31-28(33(29)25-13-6-3-7-14-25)24-18-16-23(17-19-24)22-11-4-2-5-12-22/h2,4-5,8-12,15-19,25H,3,6-7,13-14,20H2,1H3,(H,30,34). The van der Waals surface area contributed by atoms with Crippen molar-refractivity contribution in [2.24, 2.45) is 0 Å². The van der Waals surface area contributed by atoms with Gasteiger partial charge in [0.1, 0.15) is 0 Å². The summed E-state index contributed by atoms with van der Waals surface area (Å²) in [6.45, 7) is 2.00. The summed E-state index contributed by atoms with van der Waals surface area (Å²) in [5.74, 6) is 1.15. The molecule has 1 aromatic heterocycles. The molecule has 1 fully saturated rings. The van der Waals surface area contributed by atoms with Crippen LogP contribution in [0.2, 0.25) is 0 Å². The first-order valence-electron chi connectivity index (χ1n) is 12.3. The summed E-state index contributed by atoms with van der Waals surface area (Å²) in [7, 11) is 0. The third-order valence-electron chi connectivity index (χ3n) is 6.61. The van der Waals surface area contributed by atoms with Crippen LogP contribution in [0, 0.1) is 6.92 Å². The zero-order valence-corrected chi connectivity index (χ0v) is 20.8. The molecule has 1 aliphatic rings. The van der Waals surface area contributed by atoms with E-state index in [4.69, 9.17) is 0 Å². The Morgan fingerprint density at radius 3 is 2.26 bits per heavy atom. The van der Waals surface area contributed by atoms with E-state index in [-0.39, 0.29) is 5.91 Å². The zero-order chi connectivity index (χ0) is 24.0. The van der Waals surface area contributed by atoms with Gasteiger partial charge in [-0.2, -0.15) is 0 Å². The van der Waals surface area contributed by atoms with E-state index in [0.29, 0.717) is 11.8 Å². The van der Waals surface area contributed by atoms with Gasteiger partial charge < -0.3 is 5.32 Å². The Hall–Kier alpha value is -3.38. The monoisotopic (exact) mass is 482 g/mol. The summed E-state index contributed by atoms with van der Waals surface area (Å²) in [6.07, 6.45) is 5.95. The summed E-state index contributed by atoms with van der Waals surface area (Å²) in [5.41, 5.74) is 5.34. The Bertz CT molecular complexity index is 1280. The smallest absolute Gasteiger partial charge is 0.234 e. The van der Waals surface area contributed by atoms with Crippen LogP contribution in [0.15, 0.2) is 84.0 Å². The Balaban J connectivity index is 1.37. The molecular formula is C29H30N4OS. The van der Waals surface area contributed by atoms with Gasteiger partial charge in [-0.25, -0.2) is 0 Å². The maximum atomic E-state index is 12.7. The van der Waals surface area contributed by atoms with Gasteiger partial charge in [0.05, 0.1) is 5.75 Å². The Labute approximate surface area is 211 Å². The third-order valence-corrected chi connectivity index (χ3v) is 7.55. The maximum Gasteiger partial charge on any atom is 0.234 e. The van der Waals surface area contributed by atoms with Crippen molar-refractivity contribution in [2.45, 2.75) is 50.2 Å². The lowest BCUT2D eigenvalue weighted by Crippen LogP contribution is -2.17. The van der Waals surface area contributed by atoms with Crippen molar-refractivity contribution >= 4 is 23.4 Å². The molecule has 0 unspecified atom stereocenters. The fourth-order valence-electron chi connectivity index (χ4n) is 4.71. The highest BCUT2D eigenvalue weighted by molar-refractivity contribution is 7.99. The van der Waals surface area contributed by atoms with Gasteiger partial charge in [-0.1, -0.05) is 104 Å². The lowest BCUT2D eigenvalue weighted by Gasteiger charge is -2.25. The molecule has 0 radical (unpaired) electrons. The van der Waals surface area contributed by atoms with Crippen molar-refractivity contribution in [3.05, 3.63) is 84.4 Å². The van der Waals surface area contributed by atoms with Crippen LogP contribution in [-0.2, 0) is 4.79 Å². The van der Waals surface area contributed by atoms with E-state index in [2.05, 4.69) is 68.6 Å². The van der Waals surface area contributed by atoms with Gasteiger partial charge in [0.25, 0.3) is 0 Å². The van der Waals surface area contributed by atoms with Crippen LogP contribution < -0.4 is 5.32 Å². The van der Waals surface area contributed by atoms with Crippen LogP contribution in [0.25, 0.3) is 22.5 Å². The van der Waals surface area contributed by atoms with Gasteiger partial charge >= 0.3 is 0 Å². The van der Waals surface area contributed by atoms with Gasteiger partial charge in [0.15, 0.2) is 11.0 Å². The van der Waals surface area contributed by atoms with Crippen molar-refractivity contribution in [3.63, 3.8) is 0 Å². The quantitative estimate of drug-likeness (QED) is 0.284. The second-order valence-electron chi connectivity index (χ2n) is 9.06. The average Bonchev–Trinajstić information content (AvgIpc) is 3.34. The van der Waals surface area contributed by atoms with E-state index in [1.807, 2.05) is 37.3 Å². The van der Waals surface area contributed by atoms with E-state index in [1.54, 1.807) is 0 Å². The number of nitrogens with one attached hydrogen (secondary N) is 1. The number of para-hydroxylation sites is 1. The number of anilines is 1. The minimum absolute atomic E-state index is 0.0312. The molecule has 0 spiro atoms. The second-order valence-corrected chi connectivity index (χ2v) is 10.0. The van der Waals surface area contributed by atoms with Gasteiger partial charge in [-0.15, -0.1) is 10.2 Å². The van der Waals surface area contributed by atoms with E-state index >= 15 is 0 Å². The molecule has 1 aliphatic carbocycles. The predicted molar refractivity (Wildman–Crippen MR) is 144 cm³/mol. The van der Waals surface area contributed by atoms with Crippen LogP contribution in [0.1, 0.15) is 43.7 Å². The first kappa shape index (κ1) is 23.4. The molecule has 1 saturated carbocycles. The molecule has 1 amide bonds. The minimum atomic E-state index is -0.0312. The van der Waals surface area contributed by atoms with Crippen molar-refractivity contribution in [1.82, 2.24) is 14.8 Å². The SMILES string of the molecule is Cc1ccccc1NC(=O)CSc1nnc(-c2ccc(-c3ccccc3)cc2)n1C1CCCCC1. The number of amides is 1. The predicted octanol–water partition coefficient (Wildman–Crippen LogP) is 7.16. The Morgan fingerprint density at radius 1 is 0.857 bits per heavy atom. The van der Waals surface area contributed by atoms with Crippen molar-refractivity contribution in [1.29, 1.82) is 0 Å². The van der Waals surface area contributed by atoms with E-state index in [0.717, 1.165) is 40.6 Å². The average molecular weight is 483 g/mol. The molecule has 1 N–H and O–H groups in total. The summed E-state index contributed by atoms with van der Waals surface area (Å²) >= 11 is 1.47. The first-order valence-corrected chi connectivity index (χ1v) is 13.3. The normalized spacial score (nSPS) is 14.1. The Morgan fingerprint density at radius 2 is 1.51 bits per heavy atom. The highest BCUT2D eigenvalue weighted by Gasteiger charge is 2.24. The number of aromatic nitrogens is 3. The highest BCUT2D eigenvalue weighted by Crippen LogP contribution is 2.36. The molecule has 35 heavy (non-hydrogen) atoms. The molecule has 6 heteroatoms. The topological polar surface area (TPSA) is 59.8 Å². The summed E-state index contributed by atoms with van der Waals surface area (Å²) in [5, 5.41) is 13.0. The summed E-state index contributed by atoms with van der Waals surface area (Å²) < 4.78 is 2.28. The summed E-state index contributed by atoms with van der Waals surface area (Å²) in [4.78, 5) is 12.7. The van der Waals surface area contributed by atoms with Crippen LogP contribution >= 0.6 is 11.8 Å². The molecule has 1 heterocycles. The van der Waals surface area contributed by atoms with Crippen LogP contribution in [0.5, 0.6) is 0 Å². The number of aryl methyl sites for hydroxylation is 1. The minimum Gasteiger partial charge on any atom is -0.325 e. The molecule has 5 rings (SSSR count). The molecular weight excluding hydrogens is 452 g/mol. The molecule has 4 aromatic rings. The highest BCUT2D eigenvalue weighted by atomic mass is 32.2. The molecule has 0 atom stereocenters. The first-order chi connectivity index (χ1) is 17.2. The van der Waals surface area contributed by atoms with Crippen LogP contribution in [0.4, 0.5) is 5.69 Å². The van der Waals surface area contributed by atoms with Crippen LogP contribution in [0.3, 0.4) is 0 Å². The number of carbonyl (C=O) groups excluding carboxylic acids is 1.